The van der Waals surface area contributed by atoms with Crippen LogP contribution in [0.25, 0.3) is 0 Å². The maximum Gasteiger partial charge on any atom is 0.269 e. The van der Waals surface area contributed by atoms with Crippen molar-refractivity contribution in [3.63, 3.8) is 0 Å². The average molecular weight is 300 g/mol. The quantitative estimate of drug-likeness (QED) is 0.423. The highest BCUT2D eigenvalue weighted by Crippen LogP contribution is 2.17. The summed E-state index contributed by atoms with van der Waals surface area (Å²) in [6.07, 6.45) is 5.68. The summed E-state index contributed by atoms with van der Waals surface area (Å²) in [7, 11) is 0. The van der Waals surface area contributed by atoms with Crippen LogP contribution in [0.2, 0.25) is 0 Å². The largest absolute Gasteiger partial charge is 0.269 e. The maximum absolute atomic E-state index is 10.5. The Balaban J connectivity index is 2.34. The number of nitrogens with zero attached hydrogens (tertiary/aromatic N) is 1. The van der Waals surface area contributed by atoms with Crippen LogP contribution in [0.5, 0.6) is 0 Å². The third-order valence-corrected chi connectivity index (χ3v) is 3.65. The summed E-state index contributed by atoms with van der Waals surface area (Å²) in [6.45, 7) is 2.19. The predicted molar refractivity (Wildman–Crippen MR) is 73.7 cm³/mol. The van der Waals surface area contributed by atoms with Gasteiger partial charge >= 0.3 is 0 Å². The van der Waals surface area contributed by atoms with Crippen LogP contribution in [-0.4, -0.2) is 9.75 Å². The van der Waals surface area contributed by atoms with E-state index in [0.717, 1.165) is 19.3 Å². The molecule has 1 rings (SSSR count). The normalized spacial score (nSPS) is 12.4. The number of hydrogen-bond donors (Lipinski definition) is 0. The first-order chi connectivity index (χ1) is 8.13. The number of rotatable bonds is 7. The van der Waals surface area contributed by atoms with Crippen molar-refractivity contribution in [1.82, 2.24) is 0 Å². The van der Waals surface area contributed by atoms with Gasteiger partial charge in [-0.05, 0) is 31.2 Å². The minimum Gasteiger partial charge on any atom is -0.258 e. The summed E-state index contributed by atoms with van der Waals surface area (Å²) >= 11 is 3.65. The standard InChI is InChI=1S/C13H18BrNO2/c1-2-4-12(14)6-3-5-11-7-9-13(10-8-11)15(16)17/h7-10,12H,2-6H2,1H3. The van der Waals surface area contributed by atoms with E-state index in [2.05, 4.69) is 22.9 Å². The van der Waals surface area contributed by atoms with Crippen molar-refractivity contribution in [2.75, 3.05) is 0 Å². The molecule has 1 atom stereocenters. The third-order valence-electron chi connectivity index (χ3n) is 2.73. The number of halogens is 1. The minimum atomic E-state index is -0.362. The molecule has 0 bridgehead atoms. The summed E-state index contributed by atoms with van der Waals surface area (Å²) in [5, 5.41) is 10.5. The van der Waals surface area contributed by atoms with Crippen LogP contribution in [-0.2, 0) is 6.42 Å². The molecule has 3 nitrogen and oxygen atoms in total. The fraction of sp³-hybridized carbons (Fsp3) is 0.538. The van der Waals surface area contributed by atoms with Gasteiger partial charge in [0.2, 0.25) is 0 Å². The SMILES string of the molecule is CCCC(Br)CCCc1ccc([N+](=O)[O-])cc1. The molecule has 17 heavy (non-hydrogen) atoms. The van der Waals surface area contributed by atoms with E-state index in [1.807, 2.05) is 12.1 Å². The Hall–Kier alpha value is -0.900. The molecule has 0 saturated heterocycles. The highest BCUT2D eigenvalue weighted by molar-refractivity contribution is 9.09. The van der Waals surface area contributed by atoms with E-state index in [1.54, 1.807) is 12.1 Å². The molecule has 0 aliphatic carbocycles. The van der Waals surface area contributed by atoms with Gasteiger partial charge in [-0.25, -0.2) is 0 Å². The topological polar surface area (TPSA) is 43.1 Å². The molecule has 0 N–H and O–H groups in total. The first-order valence-electron chi connectivity index (χ1n) is 6.01. The summed E-state index contributed by atoms with van der Waals surface area (Å²) < 4.78 is 0. The Morgan fingerprint density at radius 2 is 1.94 bits per heavy atom. The van der Waals surface area contributed by atoms with Crippen molar-refractivity contribution in [2.24, 2.45) is 0 Å². The second-order valence-electron chi connectivity index (χ2n) is 4.20. The van der Waals surface area contributed by atoms with Crippen LogP contribution < -0.4 is 0 Å². The van der Waals surface area contributed by atoms with Gasteiger partial charge in [-0.3, -0.25) is 10.1 Å². The molecule has 0 saturated carbocycles. The summed E-state index contributed by atoms with van der Waals surface area (Å²) in [5.41, 5.74) is 1.34. The van der Waals surface area contributed by atoms with E-state index >= 15 is 0 Å². The summed E-state index contributed by atoms with van der Waals surface area (Å²) in [4.78, 5) is 10.7. The summed E-state index contributed by atoms with van der Waals surface area (Å²) in [6, 6.07) is 6.85. The van der Waals surface area contributed by atoms with Crippen LogP contribution in [0, 0.1) is 10.1 Å². The molecule has 1 unspecified atom stereocenters. The molecule has 0 amide bonds. The Kier molecular flexibility index (Phi) is 6.19. The van der Waals surface area contributed by atoms with Crippen molar-refractivity contribution in [3.8, 4) is 0 Å². The molecular formula is C13H18BrNO2. The molecule has 0 aliphatic heterocycles. The van der Waals surface area contributed by atoms with Crippen molar-refractivity contribution in [3.05, 3.63) is 39.9 Å². The van der Waals surface area contributed by atoms with Crippen LogP contribution >= 0.6 is 15.9 Å². The first-order valence-corrected chi connectivity index (χ1v) is 6.92. The van der Waals surface area contributed by atoms with Gasteiger partial charge < -0.3 is 0 Å². The van der Waals surface area contributed by atoms with Crippen LogP contribution in [0.15, 0.2) is 24.3 Å². The van der Waals surface area contributed by atoms with Gasteiger partial charge in [-0.2, -0.15) is 0 Å². The molecule has 94 valence electrons. The third kappa shape index (κ3) is 5.31. The Bertz CT molecular complexity index is 351. The number of aryl methyl sites for hydroxylation is 1. The van der Waals surface area contributed by atoms with Gasteiger partial charge in [0.25, 0.3) is 5.69 Å². The van der Waals surface area contributed by atoms with E-state index in [9.17, 15) is 10.1 Å². The summed E-state index contributed by atoms with van der Waals surface area (Å²) in [5.74, 6) is 0. The van der Waals surface area contributed by atoms with E-state index in [0.29, 0.717) is 4.83 Å². The highest BCUT2D eigenvalue weighted by Gasteiger charge is 2.05. The lowest BCUT2D eigenvalue weighted by Gasteiger charge is -2.07. The van der Waals surface area contributed by atoms with Crippen molar-refractivity contribution in [1.29, 1.82) is 0 Å². The highest BCUT2D eigenvalue weighted by atomic mass is 79.9. The van der Waals surface area contributed by atoms with Gasteiger partial charge in [-0.1, -0.05) is 41.4 Å². The number of alkyl halides is 1. The molecule has 1 aromatic rings. The van der Waals surface area contributed by atoms with Crippen LogP contribution in [0.4, 0.5) is 5.69 Å². The molecular weight excluding hydrogens is 282 g/mol. The van der Waals surface area contributed by atoms with Gasteiger partial charge in [0.15, 0.2) is 0 Å². The predicted octanol–water partition coefficient (Wildman–Crippen LogP) is 4.48. The number of non-ortho nitro benzene ring substituents is 1. The molecule has 1 aromatic carbocycles. The second kappa shape index (κ2) is 7.43. The molecule has 0 radical (unpaired) electrons. The zero-order chi connectivity index (χ0) is 12.7. The van der Waals surface area contributed by atoms with E-state index < -0.39 is 0 Å². The lowest BCUT2D eigenvalue weighted by atomic mass is 10.1. The zero-order valence-electron chi connectivity index (χ0n) is 10.1. The number of nitro benzene ring substituents is 1. The van der Waals surface area contributed by atoms with Crippen LogP contribution in [0.3, 0.4) is 0 Å². The zero-order valence-corrected chi connectivity index (χ0v) is 11.6. The smallest absolute Gasteiger partial charge is 0.258 e. The van der Waals surface area contributed by atoms with Crippen molar-refractivity contribution in [2.45, 2.75) is 43.9 Å². The maximum atomic E-state index is 10.5. The molecule has 0 heterocycles. The monoisotopic (exact) mass is 299 g/mol. The first kappa shape index (κ1) is 14.2. The number of benzene rings is 1. The van der Waals surface area contributed by atoms with Gasteiger partial charge in [0.05, 0.1) is 4.92 Å². The van der Waals surface area contributed by atoms with Gasteiger partial charge in [0.1, 0.15) is 0 Å². The fourth-order valence-corrected chi connectivity index (χ4v) is 2.55. The minimum absolute atomic E-state index is 0.165. The molecule has 0 fully saturated rings. The molecule has 0 aliphatic rings. The molecule has 4 heteroatoms. The lowest BCUT2D eigenvalue weighted by molar-refractivity contribution is -0.384. The van der Waals surface area contributed by atoms with Gasteiger partial charge in [-0.15, -0.1) is 0 Å². The van der Waals surface area contributed by atoms with Gasteiger partial charge in [0, 0.05) is 17.0 Å². The second-order valence-corrected chi connectivity index (χ2v) is 5.50. The van der Waals surface area contributed by atoms with E-state index in [1.165, 1.54) is 18.4 Å². The Morgan fingerprint density at radius 1 is 1.29 bits per heavy atom. The Morgan fingerprint density at radius 3 is 2.47 bits per heavy atom. The number of hydrogen-bond acceptors (Lipinski definition) is 2. The lowest BCUT2D eigenvalue weighted by Crippen LogP contribution is -1.98. The number of nitro groups is 1. The van der Waals surface area contributed by atoms with Crippen molar-refractivity contribution >= 4 is 21.6 Å². The van der Waals surface area contributed by atoms with E-state index in [4.69, 9.17) is 0 Å². The fourth-order valence-electron chi connectivity index (χ4n) is 1.77. The van der Waals surface area contributed by atoms with Crippen molar-refractivity contribution < 1.29 is 4.92 Å². The molecule has 0 spiro atoms. The van der Waals surface area contributed by atoms with E-state index in [-0.39, 0.29) is 10.6 Å². The average Bonchev–Trinajstić information content (AvgIpc) is 2.30. The van der Waals surface area contributed by atoms with Crippen LogP contribution in [0.1, 0.15) is 38.2 Å². The Labute approximate surface area is 111 Å². The molecule has 0 aromatic heterocycles.